The van der Waals surface area contributed by atoms with Crippen molar-refractivity contribution in [1.29, 1.82) is 0 Å². The van der Waals surface area contributed by atoms with Crippen LogP contribution in [0.4, 0.5) is 0 Å². The monoisotopic (exact) mass is 212 g/mol. The third-order valence-electron chi connectivity index (χ3n) is 3.17. The van der Waals surface area contributed by atoms with Crippen molar-refractivity contribution >= 4 is 13.9 Å². The zero-order valence-electron chi connectivity index (χ0n) is 9.94. The molecule has 0 aliphatic heterocycles. The first-order chi connectivity index (χ1) is 6.49. The fourth-order valence-electron chi connectivity index (χ4n) is 2.14. The van der Waals surface area contributed by atoms with E-state index in [2.05, 4.69) is 19.6 Å². The van der Waals surface area contributed by atoms with Gasteiger partial charge in [-0.2, -0.15) is 0 Å². The lowest BCUT2D eigenvalue weighted by Gasteiger charge is -2.19. The molecule has 14 heavy (non-hydrogen) atoms. The summed E-state index contributed by atoms with van der Waals surface area (Å²) >= 11 is 0. The van der Waals surface area contributed by atoms with Crippen LogP contribution in [0.5, 0.6) is 0 Å². The van der Waals surface area contributed by atoms with Gasteiger partial charge < -0.3 is 0 Å². The van der Waals surface area contributed by atoms with Crippen LogP contribution in [0.1, 0.15) is 38.5 Å². The Labute approximate surface area is 89.3 Å². The maximum Gasteiger partial charge on any atom is 0.135 e. The number of ketones is 1. The highest BCUT2D eigenvalue weighted by atomic mass is 28.3. The lowest BCUT2D eigenvalue weighted by Crippen LogP contribution is -2.22. The van der Waals surface area contributed by atoms with Gasteiger partial charge in [-0.25, -0.2) is 0 Å². The molecule has 1 saturated carbocycles. The van der Waals surface area contributed by atoms with Crippen LogP contribution in [0.15, 0.2) is 0 Å². The molecule has 0 spiro atoms. The van der Waals surface area contributed by atoms with Gasteiger partial charge >= 0.3 is 0 Å². The summed E-state index contributed by atoms with van der Waals surface area (Å²) < 4.78 is 0. The van der Waals surface area contributed by atoms with Crippen LogP contribution in [0.25, 0.3) is 0 Å². The Morgan fingerprint density at radius 1 is 1.21 bits per heavy atom. The summed E-state index contributed by atoms with van der Waals surface area (Å²) in [6, 6.07) is 1.32. The van der Waals surface area contributed by atoms with E-state index in [1.54, 1.807) is 0 Å². The minimum atomic E-state index is -0.939. The molecule has 2 heteroatoms. The molecule has 1 nitrogen and oxygen atoms in total. The molecule has 1 aliphatic carbocycles. The van der Waals surface area contributed by atoms with Crippen LogP contribution < -0.4 is 0 Å². The van der Waals surface area contributed by atoms with Crippen LogP contribution in [0, 0.1) is 5.92 Å². The van der Waals surface area contributed by atoms with Crippen molar-refractivity contribution in [2.24, 2.45) is 5.92 Å². The SMILES string of the molecule is C[Si](C)(C)CCC1CCCCCC1=O. The van der Waals surface area contributed by atoms with E-state index in [9.17, 15) is 4.79 Å². The summed E-state index contributed by atoms with van der Waals surface area (Å²) in [5.41, 5.74) is 0. The van der Waals surface area contributed by atoms with Crippen molar-refractivity contribution < 1.29 is 4.79 Å². The number of carbonyl (C=O) groups is 1. The van der Waals surface area contributed by atoms with Gasteiger partial charge in [0.25, 0.3) is 0 Å². The molecule has 0 aromatic heterocycles. The molecular weight excluding hydrogens is 188 g/mol. The molecule has 0 aromatic rings. The van der Waals surface area contributed by atoms with Crippen molar-refractivity contribution in [2.75, 3.05) is 0 Å². The number of Topliss-reactive ketones (excluding diaryl/α,β-unsaturated/α-hetero) is 1. The van der Waals surface area contributed by atoms with Gasteiger partial charge in [-0.15, -0.1) is 0 Å². The maximum absolute atomic E-state index is 11.7. The molecule has 0 aromatic carbocycles. The zero-order valence-corrected chi connectivity index (χ0v) is 10.9. The van der Waals surface area contributed by atoms with Crippen LogP contribution >= 0.6 is 0 Å². The molecule has 0 bridgehead atoms. The smallest absolute Gasteiger partial charge is 0.135 e. The van der Waals surface area contributed by atoms with E-state index in [1.165, 1.54) is 31.7 Å². The fourth-order valence-corrected chi connectivity index (χ4v) is 3.36. The Hall–Kier alpha value is -0.113. The molecule has 0 amide bonds. The Bertz CT molecular complexity index is 193. The average molecular weight is 212 g/mol. The summed E-state index contributed by atoms with van der Waals surface area (Å²) in [5.74, 6) is 0.977. The van der Waals surface area contributed by atoms with E-state index in [4.69, 9.17) is 0 Å². The first-order valence-corrected chi connectivity index (χ1v) is 9.72. The van der Waals surface area contributed by atoms with Gasteiger partial charge in [-0.3, -0.25) is 4.79 Å². The largest absolute Gasteiger partial charge is 0.299 e. The number of rotatable bonds is 3. The first-order valence-electron chi connectivity index (χ1n) is 6.02. The van der Waals surface area contributed by atoms with Crippen molar-refractivity contribution in [2.45, 2.75) is 64.2 Å². The van der Waals surface area contributed by atoms with Gasteiger partial charge in [0.1, 0.15) is 5.78 Å². The van der Waals surface area contributed by atoms with Gasteiger partial charge in [0.15, 0.2) is 0 Å². The Morgan fingerprint density at radius 2 is 1.93 bits per heavy atom. The molecule has 1 aliphatic rings. The number of hydrogen-bond acceptors (Lipinski definition) is 1. The molecule has 82 valence electrons. The molecule has 1 rings (SSSR count). The van der Waals surface area contributed by atoms with Crippen molar-refractivity contribution in [1.82, 2.24) is 0 Å². The van der Waals surface area contributed by atoms with Crippen molar-refractivity contribution in [3.8, 4) is 0 Å². The van der Waals surface area contributed by atoms with Gasteiger partial charge in [-0.1, -0.05) is 38.5 Å². The molecule has 0 N–H and O–H groups in total. The van der Waals surface area contributed by atoms with Gasteiger partial charge in [0.05, 0.1) is 0 Å². The minimum absolute atomic E-state index is 0.421. The standard InChI is InChI=1S/C12H24OSi/c1-14(2,3)10-9-11-7-5-4-6-8-12(11)13/h11H,4-10H2,1-3H3. The summed E-state index contributed by atoms with van der Waals surface area (Å²) in [6.07, 6.45) is 6.90. The molecule has 1 atom stereocenters. The quantitative estimate of drug-likeness (QED) is 0.513. The third kappa shape index (κ3) is 4.40. The molecular formula is C12H24OSi. The second-order valence-corrected chi connectivity index (χ2v) is 11.5. The Balaban J connectivity index is 2.37. The molecule has 0 heterocycles. The lowest BCUT2D eigenvalue weighted by molar-refractivity contribution is -0.122. The highest BCUT2D eigenvalue weighted by Gasteiger charge is 2.23. The van der Waals surface area contributed by atoms with E-state index >= 15 is 0 Å². The zero-order chi connectivity index (χ0) is 10.6. The normalized spacial score (nSPS) is 24.8. The number of hydrogen-bond donors (Lipinski definition) is 0. The topological polar surface area (TPSA) is 17.1 Å². The summed E-state index contributed by atoms with van der Waals surface area (Å²) in [7, 11) is -0.939. The van der Waals surface area contributed by atoms with E-state index < -0.39 is 8.07 Å². The van der Waals surface area contributed by atoms with Crippen molar-refractivity contribution in [3.63, 3.8) is 0 Å². The summed E-state index contributed by atoms with van der Waals surface area (Å²) in [5, 5.41) is 0. The Kier molecular flexibility index (Phi) is 4.36. The lowest BCUT2D eigenvalue weighted by atomic mass is 9.96. The van der Waals surface area contributed by atoms with Gasteiger partial charge in [0, 0.05) is 20.4 Å². The highest BCUT2D eigenvalue weighted by molar-refractivity contribution is 6.76. The second-order valence-electron chi connectivity index (χ2n) is 5.86. The van der Waals surface area contributed by atoms with E-state index in [-0.39, 0.29) is 0 Å². The summed E-state index contributed by atoms with van der Waals surface area (Å²) in [6.45, 7) is 7.19. The predicted molar refractivity (Wildman–Crippen MR) is 64.4 cm³/mol. The molecule has 0 saturated heterocycles. The third-order valence-corrected chi connectivity index (χ3v) is 4.96. The summed E-state index contributed by atoms with van der Waals surface area (Å²) in [4.78, 5) is 11.7. The van der Waals surface area contributed by atoms with Gasteiger partial charge in [0.2, 0.25) is 0 Å². The van der Waals surface area contributed by atoms with Gasteiger partial charge in [-0.05, 0) is 19.3 Å². The molecule has 0 radical (unpaired) electrons. The van der Waals surface area contributed by atoms with Crippen LogP contribution in [0.2, 0.25) is 25.7 Å². The van der Waals surface area contributed by atoms with Crippen molar-refractivity contribution in [3.05, 3.63) is 0 Å². The predicted octanol–water partition coefficient (Wildman–Crippen LogP) is 3.86. The average Bonchev–Trinajstić information content (AvgIpc) is 2.25. The van der Waals surface area contributed by atoms with E-state index in [0.29, 0.717) is 11.7 Å². The van der Waals surface area contributed by atoms with Crippen LogP contribution in [-0.4, -0.2) is 13.9 Å². The highest BCUT2D eigenvalue weighted by Crippen LogP contribution is 2.26. The van der Waals surface area contributed by atoms with Crippen LogP contribution in [-0.2, 0) is 4.79 Å². The molecule has 1 fully saturated rings. The molecule has 1 unspecified atom stereocenters. The Morgan fingerprint density at radius 3 is 2.57 bits per heavy atom. The minimum Gasteiger partial charge on any atom is -0.299 e. The van der Waals surface area contributed by atoms with Crippen LogP contribution in [0.3, 0.4) is 0 Å². The fraction of sp³-hybridized carbons (Fsp3) is 0.917. The second kappa shape index (κ2) is 5.10. The first kappa shape index (κ1) is 12.0. The van der Waals surface area contributed by atoms with E-state index in [1.807, 2.05) is 0 Å². The number of carbonyl (C=O) groups excluding carboxylic acids is 1. The van der Waals surface area contributed by atoms with E-state index in [0.717, 1.165) is 12.8 Å². The maximum atomic E-state index is 11.7.